The molecule has 0 bridgehead atoms. The maximum Gasteiger partial charge on any atom is 0.194 e. The maximum atomic E-state index is 13.2. The fraction of sp³-hybridized carbons (Fsp3) is 0.375. The minimum atomic E-state index is -0.232. The van der Waals surface area contributed by atoms with Crippen LogP contribution in [-0.2, 0) is 13.1 Å². The molecule has 0 saturated heterocycles. The van der Waals surface area contributed by atoms with E-state index in [1.165, 1.54) is 12.1 Å². The lowest BCUT2D eigenvalue weighted by Gasteiger charge is -2.21. The van der Waals surface area contributed by atoms with Gasteiger partial charge in [-0.15, -0.1) is 11.3 Å². The Morgan fingerprint density at radius 3 is 2.91 bits per heavy atom. The van der Waals surface area contributed by atoms with Crippen molar-refractivity contribution >= 4 is 17.3 Å². The first-order valence-electron chi connectivity index (χ1n) is 7.23. The highest BCUT2D eigenvalue weighted by atomic mass is 32.1. The smallest absolute Gasteiger partial charge is 0.194 e. The maximum absolute atomic E-state index is 13.2. The number of hydrogen-bond donors (Lipinski definition) is 1. The van der Waals surface area contributed by atoms with E-state index >= 15 is 0 Å². The monoisotopic (exact) mass is 320 g/mol. The first kappa shape index (κ1) is 16.4. The van der Waals surface area contributed by atoms with E-state index in [4.69, 9.17) is 0 Å². The second-order valence-electron chi connectivity index (χ2n) is 5.01. The molecule has 0 spiro atoms. The van der Waals surface area contributed by atoms with Gasteiger partial charge < -0.3 is 10.2 Å². The Morgan fingerprint density at radius 2 is 2.27 bits per heavy atom. The number of halogens is 1. The van der Waals surface area contributed by atoms with Crippen LogP contribution >= 0.6 is 11.3 Å². The van der Waals surface area contributed by atoms with Crippen molar-refractivity contribution in [1.82, 2.24) is 15.2 Å². The van der Waals surface area contributed by atoms with Gasteiger partial charge in [-0.3, -0.25) is 0 Å². The fourth-order valence-electron chi connectivity index (χ4n) is 2.07. The van der Waals surface area contributed by atoms with Gasteiger partial charge in [0, 0.05) is 19.0 Å². The van der Waals surface area contributed by atoms with Crippen LogP contribution < -0.4 is 5.32 Å². The Balaban J connectivity index is 2.05. The van der Waals surface area contributed by atoms with Gasteiger partial charge in [0.25, 0.3) is 0 Å². The quantitative estimate of drug-likeness (QED) is 0.679. The third-order valence-electron chi connectivity index (χ3n) is 3.06. The molecule has 0 fully saturated rings. The summed E-state index contributed by atoms with van der Waals surface area (Å²) in [7, 11) is 1.97. The predicted octanol–water partition coefficient (Wildman–Crippen LogP) is 3.19. The number of benzene rings is 1. The summed E-state index contributed by atoms with van der Waals surface area (Å²) in [5, 5.41) is 6.37. The fourth-order valence-corrected chi connectivity index (χ4v) is 2.67. The van der Waals surface area contributed by atoms with Crippen molar-refractivity contribution in [1.29, 1.82) is 0 Å². The lowest BCUT2D eigenvalue weighted by atomic mass is 10.2. The van der Waals surface area contributed by atoms with Crippen molar-refractivity contribution < 1.29 is 4.39 Å². The zero-order valence-corrected chi connectivity index (χ0v) is 14.0. The van der Waals surface area contributed by atoms with Crippen LogP contribution in [0.25, 0.3) is 0 Å². The number of nitrogens with zero attached hydrogens (tertiary/aromatic N) is 3. The van der Waals surface area contributed by atoms with Crippen molar-refractivity contribution in [3.05, 3.63) is 51.7 Å². The van der Waals surface area contributed by atoms with Crippen molar-refractivity contribution in [3.8, 4) is 0 Å². The highest BCUT2D eigenvalue weighted by Crippen LogP contribution is 2.10. The number of aryl methyl sites for hydroxylation is 1. The molecule has 1 heterocycles. The largest absolute Gasteiger partial charge is 0.357 e. The second kappa shape index (κ2) is 7.89. The molecule has 0 aliphatic heterocycles. The van der Waals surface area contributed by atoms with E-state index in [1.807, 2.05) is 31.9 Å². The summed E-state index contributed by atoms with van der Waals surface area (Å²) in [5.74, 6) is 0.557. The molecule has 6 heteroatoms. The van der Waals surface area contributed by atoms with E-state index in [2.05, 4.69) is 20.7 Å². The number of aromatic nitrogens is 1. The zero-order valence-electron chi connectivity index (χ0n) is 13.1. The van der Waals surface area contributed by atoms with Crippen LogP contribution in [0.15, 0.2) is 34.6 Å². The van der Waals surface area contributed by atoms with Gasteiger partial charge in [-0.05, 0) is 31.5 Å². The van der Waals surface area contributed by atoms with Gasteiger partial charge in [-0.25, -0.2) is 14.4 Å². The number of hydrogen-bond acceptors (Lipinski definition) is 3. The third kappa shape index (κ3) is 4.80. The highest BCUT2D eigenvalue weighted by Gasteiger charge is 2.08. The van der Waals surface area contributed by atoms with E-state index in [0.29, 0.717) is 13.1 Å². The minimum Gasteiger partial charge on any atom is -0.357 e. The third-order valence-corrected chi connectivity index (χ3v) is 3.88. The number of thiazole rings is 1. The van der Waals surface area contributed by atoms with E-state index in [9.17, 15) is 4.39 Å². The normalized spacial score (nSPS) is 11.5. The molecule has 0 atom stereocenters. The lowest BCUT2D eigenvalue weighted by Crippen LogP contribution is -2.38. The molecule has 0 aliphatic carbocycles. The Morgan fingerprint density at radius 1 is 1.45 bits per heavy atom. The first-order valence-corrected chi connectivity index (χ1v) is 8.11. The summed E-state index contributed by atoms with van der Waals surface area (Å²) in [6, 6.07) is 6.53. The molecule has 0 amide bonds. The van der Waals surface area contributed by atoms with E-state index < -0.39 is 0 Å². The Labute approximate surface area is 134 Å². The topological polar surface area (TPSA) is 40.5 Å². The average molecular weight is 320 g/mol. The van der Waals surface area contributed by atoms with Crippen LogP contribution in [0.3, 0.4) is 0 Å². The lowest BCUT2D eigenvalue weighted by molar-refractivity contribution is 0.470. The molecule has 2 aromatic rings. The molecular formula is C16H21FN4S. The summed E-state index contributed by atoms with van der Waals surface area (Å²) in [6.07, 6.45) is 0. The van der Waals surface area contributed by atoms with Gasteiger partial charge in [0.2, 0.25) is 0 Å². The molecule has 1 aromatic carbocycles. The second-order valence-corrected chi connectivity index (χ2v) is 6.08. The van der Waals surface area contributed by atoms with Crippen LogP contribution in [0, 0.1) is 12.7 Å². The Bertz CT molecular complexity index is 639. The number of nitrogens with one attached hydrogen (secondary N) is 1. The summed E-state index contributed by atoms with van der Waals surface area (Å²) in [6.45, 7) is 5.94. The van der Waals surface area contributed by atoms with Crippen molar-refractivity contribution in [2.45, 2.75) is 26.9 Å². The number of rotatable bonds is 5. The van der Waals surface area contributed by atoms with Gasteiger partial charge in [-0.2, -0.15) is 0 Å². The molecule has 118 valence electrons. The molecule has 1 N–H and O–H groups in total. The van der Waals surface area contributed by atoms with Crippen molar-refractivity contribution in [2.24, 2.45) is 4.99 Å². The molecular weight excluding hydrogens is 299 g/mol. The predicted molar refractivity (Wildman–Crippen MR) is 89.5 cm³/mol. The molecule has 0 aliphatic rings. The number of aliphatic imine (C=N–C) groups is 1. The van der Waals surface area contributed by atoms with E-state index in [-0.39, 0.29) is 5.82 Å². The summed E-state index contributed by atoms with van der Waals surface area (Å²) < 4.78 is 13.2. The molecule has 0 saturated carbocycles. The van der Waals surface area contributed by atoms with Crippen molar-refractivity contribution in [3.63, 3.8) is 0 Å². The first-order chi connectivity index (χ1) is 10.6. The molecule has 22 heavy (non-hydrogen) atoms. The standard InChI is InChI=1S/C16H21FN4S/c1-4-18-16(19-9-13-6-5-7-14(17)8-13)21(3)10-15-11-22-12(2)20-15/h5-8,11H,4,9-10H2,1-3H3,(H,18,19). The van der Waals surface area contributed by atoms with Crippen LogP contribution in [0.4, 0.5) is 4.39 Å². The average Bonchev–Trinajstić information content (AvgIpc) is 2.88. The highest BCUT2D eigenvalue weighted by molar-refractivity contribution is 7.09. The van der Waals surface area contributed by atoms with Gasteiger partial charge in [0.05, 0.1) is 23.8 Å². The molecule has 0 unspecified atom stereocenters. The van der Waals surface area contributed by atoms with E-state index in [0.717, 1.165) is 28.8 Å². The van der Waals surface area contributed by atoms with Gasteiger partial charge in [-0.1, -0.05) is 12.1 Å². The minimum absolute atomic E-state index is 0.232. The zero-order chi connectivity index (χ0) is 15.9. The molecule has 0 radical (unpaired) electrons. The van der Waals surface area contributed by atoms with Gasteiger partial charge >= 0.3 is 0 Å². The molecule has 1 aromatic heterocycles. The summed E-state index contributed by atoms with van der Waals surface area (Å²) in [5.41, 5.74) is 1.88. The SMILES string of the molecule is CCNC(=NCc1cccc(F)c1)N(C)Cc1csc(C)n1. The van der Waals surface area contributed by atoms with Crippen LogP contribution in [0.1, 0.15) is 23.2 Å². The molecule has 2 rings (SSSR count). The Hall–Kier alpha value is -1.95. The number of guanidine groups is 1. The Kier molecular flexibility index (Phi) is 5.89. The van der Waals surface area contributed by atoms with Gasteiger partial charge in [0.1, 0.15) is 5.82 Å². The van der Waals surface area contributed by atoms with Crippen molar-refractivity contribution in [2.75, 3.05) is 13.6 Å². The molecule has 4 nitrogen and oxygen atoms in total. The summed E-state index contributed by atoms with van der Waals surface area (Å²) >= 11 is 1.64. The van der Waals surface area contributed by atoms with Crippen LogP contribution in [0.5, 0.6) is 0 Å². The van der Waals surface area contributed by atoms with Gasteiger partial charge in [0.15, 0.2) is 5.96 Å². The van der Waals surface area contributed by atoms with E-state index in [1.54, 1.807) is 17.4 Å². The van der Waals surface area contributed by atoms with Crippen LogP contribution in [-0.4, -0.2) is 29.4 Å². The summed E-state index contributed by atoms with van der Waals surface area (Å²) in [4.78, 5) is 11.1. The van der Waals surface area contributed by atoms with Crippen LogP contribution in [0.2, 0.25) is 0 Å².